The lowest BCUT2D eigenvalue weighted by Gasteiger charge is -2.33. The molecule has 0 bridgehead atoms. The fourth-order valence-corrected chi connectivity index (χ4v) is 3.04. The Bertz CT molecular complexity index is 675. The zero-order valence-electron chi connectivity index (χ0n) is 14.7. The smallest absolute Gasteiger partial charge is 0.132 e. The molecule has 0 aliphatic carbocycles. The summed E-state index contributed by atoms with van der Waals surface area (Å²) in [5.41, 5.74) is 3.49. The maximum absolute atomic E-state index is 5.92. The number of nitrogens with zero attached hydrogens (tertiary/aromatic N) is 3. The Labute approximate surface area is 144 Å². The van der Waals surface area contributed by atoms with Gasteiger partial charge in [-0.25, -0.2) is 9.97 Å². The minimum absolute atomic E-state index is 0.178. The number of aromatic nitrogens is 2. The summed E-state index contributed by atoms with van der Waals surface area (Å²) in [7, 11) is 0. The van der Waals surface area contributed by atoms with Crippen LogP contribution in [0.15, 0.2) is 30.3 Å². The number of nitrogens with one attached hydrogen (secondary N) is 1. The Balaban J connectivity index is 1.56. The van der Waals surface area contributed by atoms with Crippen LogP contribution in [0.4, 0.5) is 5.82 Å². The highest BCUT2D eigenvalue weighted by Crippen LogP contribution is 2.16. The van der Waals surface area contributed by atoms with Gasteiger partial charge in [-0.05, 0) is 26.3 Å². The van der Waals surface area contributed by atoms with Gasteiger partial charge in [-0.3, -0.25) is 4.90 Å². The Morgan fingerprint density at radius 3 is 2.75 bits per heavy atom. The first-order chi connectivity index (χ1) is 11.6. The van der Waals surface area contributed by atoms with Crippen molar-refractivity contribution in [1.29, 1.82) is 0 Å². The molecule has 1 aromatic heterocycles. The second kappa shape index (κ2) is 7.73. The molecule has 1 saturated heterocycles. The molecular formula is C19H26N4O. The van der Waals surface area contributed by atoms with Crippen LogP contribution in [0, 0.1) is 20.8 Å². The van der Waals surface area contributed by atoms with Crippen LogP contribution < -0.4 is 5.32 Å². The molecule has 3 rings (SSSR count). The monoisotopic (exact) mass is 326 g/mol. The molecule has 5 nitrogen and oxygen atoms in total. The van der Waals surface area contributed by atoms with Crippen LogP contribution >= 0.6 is 0 Å². The highest BCUT2D eigenvalue weighted by molar-refractivity contribution is 5.45. The van der Waals surface area contributed by atoms with Gasteiger partial charge in [0.2, 0.25) is 0 Å². The lowest BCUT2D eigenvalue weighted by molar-refractivity contribution is -0.0240. The minimum atomic E-state index is 0.178. The molecule has 1 aliphatic rings. The van der Waals surface area contributed by atoms with Crippen LogP contribution in [0.25, 0.3) is 0 Å². The summed E-state index contributed by atoms with van der Waals surface area (Å²) < 4.78 is 5.92. The van der Waals surface area contributed by atoms with Gasteiger partial charge in [0.05, 0.1) is 12.7 Å². The number of hydrogen-bond donors (Lipinski definition) is 1. The van der Waals surface area contributed by atoms with Gasteiger partial charge >= 0.3 is 0 Å². The Kier molecular flexibility index (Phi) is 5.43. The van der Waals surface area contributed by atoms with Crippen LogP contribution in [-0.2, 0) is 11.3 Å². The zero-order valence-corrected chi connectivity index (χ0v) is 14.7. The number of morpholine rings is 1. The second-order valence-corrected chi connectivity index (χ2v) is 6.42. The largest absolute Gasteiger partial charge is 0.374 e. The number of aryl methyl sites for hydroxylation is 2. The summed E-state index contributed by atoms with van der Waals surface area (Å²) in [6.07, 6.45) is 0.178. The number of benzene rings is 1. The molecule has 0 spiro atoms. The van der Waals surface area contributed by atoms with E-state index in [1.54, 1.807) is 0 Å². The average Bonchev–Trinajstić information content (AvgIpc) is 2.58. The maximum atomic E-state index is 5.92. The first-order valence-corrected chi connectivity index (χ1v) is 8.55. The van der Waals surface area contributed by atoms with Crippen LogP contribution in [0.3, 0.4) is 0 Å². The van der Waals surface area contributed by atoms with Gasteiger partial charge in [0.25, 0.3) is 0 Å². The van der Waals surface area contributed by atoms with Crippen LogP contribution in [0.2, 0.25) is 0 Å². The van der Waals surface area contributed by atoms with E-state index in [9.17, 15) is 0 Å². The molecule has 24 heavy (non-hydrogen) atoms. The van der Waals surface area contributed by atoms with E-state index < -0.39 is 0 Å². The van der Waals surface area contributed by atoms with Gasteiger partial charge in [0.15, 0.2) is 0 Å². The Morgan fingerprint density at radius 1 is 1.17 bits per heavy atom. The molecule has 1 N–H and O–H groups in total. The van der Waals surface area contributed by atoms with Crippen molar-refractivity contribution in [3.63, 3.8) is 0 Å². The van der Waals surface area contributed by atoms with Gasteiger partial charge in [-0.2, -0.15) is 0 Å². The normalized spacial score (nSPS) is 18.5. The van der Waals surface area contributed by atoms with E-state index in [-0.39, 0.29) is 6.10 Å². The third-order valence-corrected chi connectivity index (χ3v) is 4.47. The van der Waals surface area contributed by atoms with Crippen molar-refractivity contribution in [2.75, 3.05) is 31.6 Å². The van der Waals surface area contributed by atoms with Crippen LogP contribution in [0.1, 0.15) is 22.6 Å². The Hall–Kier alpha value is -1.98. The van der Waals surface area contributed by atoms with E-state index in [2.05, 4.69) is 57.4 Å². The van der Waals surface area contributed by atoms with E-state index >= 15 is 0 Å². The van der Waals surface area contributed by atoms with Crippen LogP contribution in [-0.4, -0.2) is 47.2 Å². The van der Waals surface area contributed by atoms with Gasteiger partial charge in [-0.1, -0.05) is 30.3 Å². The van der Waals surface area contributed by atoms with Gasteiger partial charge in [0, 0.05) is 37.4 Å². The van der Waals surface area contributed by atoms with E-state index in [4.69, 9.17) is 4.74 Å². The van der Waals surface area contributed by atoms with E-state index in [0.717, 1.165) is 55.7 Å². The average molecular weight is 326 g/mol. The highest BCUT2D eigenvalue weighted by Gasteiger charge is 2.21. The zero-order chi connectivity index (χ0) is 16.9. The molecule has 1 aliphatic heterocycles. The standard InChI is InChI=1S/C19H26N4O/c1-14-15(2)21-16(3)22-19(14)20-11-18-13-23(9-10-24-18)12-17-7-5-4-6-8-17/h4-8,18H,9-13H2,1-3H3,(H,20,21,22). The first kappa shape index (κ1) is 16.9. The second-order valence-electron chi connectivity index (χ2n) is 6.42. The van der Waals surface area contributed by atoms with Crippen molar-refractivity contribution in [2.45, 2.75) is 33.4 Å². The highest BCUT2D eigenvalue weighted by atomic mass is 16.5. The molecule has 0 radical (unpaired) electrons. The van der Waals surface area contributed by atoms with Crippen molar-refractivity contribution < 1.29 is 4.74 Å². The molecule has 1 aromatic carbocycles. The Morgan fingerprint density at radius 2 is 1.96 bits per heavy atom. The molecule has 2 heterocycles. The SMILES string of the molecule is Cc1nc(C)c(C)c(NCC2CN(Cc3ccccc3)CCO2)n1. The molecule has 0 saturated carbocycles. The van der Waals surface area contributed by atoms with Gasteiger partial charge in [-0.15, -0.1) is 0 Å². The predicted molar refractivity (Wildman–Crippen MR) is 96.2 cm³/mol. The van der Waals surface area contributed by atoms with Crippen molar-refractivity contribution in [3.8, 4) is 0 Å². The quantitative estimate of drug-likeness (QED) is 0.915. The summed E-state index contributed by atoms with van der Waals surface area (Å²) in [6.45, 7) is 10.4. The number of anilines is 1. The summed E-state index contributed by atoms with van der Waals surface area (Å²) in [4.78, 5) is 11.4. The molecule has 5 heteroatoms. The van der Waals surface area contributed by atoms with Gasteiger partial charge in [0.1, 0.15) is 11.6 Å². The summed E-state index contributed by atoms with van der Waals surface area (Å²) in [6, 6.07) is 10.6. The summed E-state index contributed by atoms with van der Waals surface area (Å²) in [5.74, 6) is 1.72. The van der Waals surface area contributed by atoms with E-state index in [1.807, 2.05) is 13.8 Å². The lowest BCUT2D eigenvalue weighted by Crippen LogP contribution is -2.44. The number of ether oxygens (including phenoxy) is 1. The number of hydrogen-bond acceptors (Lipinski definition) is 5. The molecule has 2 aromatic rings. The van der Waals surface area contributed by atoms with Crippen molar-refractivity contribution in [2.24, 2.45) is 0 Å². The van der Waals surface area contributed by atoms with Crippen molar-refractivity contribution in [3.05, 3.63) is 53.0 Å². The third kappa shape index (κ3) is 4.30. The summed E-state index contributed by atoms with van der Waals surface area (Å²) >= 11 is 0. The fourth-order valence-electron chi connectivity index (χ4n) is 3.04. The topological polar surface area (TPSA) is 50.3 Å². The predicted octanol–water partition coefficient (Wildman–Crippen LogP) is 2.71. The minimum Gasteiger partial charge on any atom is -0.374 e. The maximum Gasteiger partial charge on any atom is 0.132 e. The van der Waals surface area contributed by atoms with Gasteiger partial charge < -0.3 is 10.1 Å². The van der Waals surface area contributed by atoms with Crippen molar-refractivity contribution >= 4 is 5.82 Å². The molecule has 1 atom stereocenters. The van der Waals surface area contributed by atoms with E-state index in [1.165, 1.54) is 5.56 Å². The molecule has 1 unspecified atom stereocenters. The first-order valence-electron chi connectivity index (χ1n) is 8.55. The molecule has 0 amide bonds. The third-order valence-electron chi connectivity index (χ3n) is 4.47. The van der Waals surface area contributed by atoms with Crippen molar-refractivity contribution in [1.82, 2.24) is 14.9 Å². The van der Waals surface area contributed by atoms with Crippen LogP contribution in [0.5, 0.6) is 0 Å². The molecule has 128 valence electrons. The fraction of sp³-hybridized carbons (Fsp3) is 0.474. The number of rotatable bonds is 5. The molecule has 1 fully saturated rings. The van der Waals surface area contributed by atoms with E-state index in [0.29, 0.717) is 0 Å². The summed E-state index contributed by atoms with van der Waals surface area (Å²) in [5, 5.41) is 3.45. The molecular weight excluding hydrogens is 300 g/mol. The lowest BCUT2D eigenvalue weighted by atomic mass is 10.2.